The number of nitrogens with two attached hydrogens (primary N) is 1. The lowest BCUT2D eigenvalue weighted by Gasteiger charge is -2.29. The van der Waals surface area contributed by atoms with Crippen LogP contribution in [0.1, 0.15) is 23.2 Å². The lowest BCUT2D eigenvalue weighted by molar-refractivity contribution is 0.0696. The summed E-state index contributed by atoms with van der Waals surface area (Å²) in [6.07, 6.45) is 1.26. The molecule has 0 unspecified atom stereocenters. The summed E-state index contributed by atoms with van der Waals surface area (Å²) in [7, 11) is -3.62. The number of halogens is 1. The second-order valence-corrected chi connectivity index (χ2v) is 7.45. The third-order valence-corrected chi connectivity index (χ3v) is 6.17. The highest BCUT2D eigenvalue weighted by Gasteiger charge is 2.29. The van der Waals surface area contributed by atoms with Crippen molar-refractivity contribution in [2.75, 3.05) is 13.1 Å². The average Bonchev–Trinajstić information content (AvgIpc) is 2.38. The number of carboxylic acids is 1. The standard InChI is InChI=1S/C12H15BrN2O4S/c13-10-7-8(12(16)17)1-2-11(10)20(18,19)15-5-3-9(14)4-6-15/h1-2,7,9H,3-6,14H2,(H,16,17). The van der Waals surface area contributed by atoms with Gasteiger partial charge in [-0.15, -0.1) is 0 Å². The summed E-state index contributed by atoms with van der Waals surface area (Å²) in [5.74, 6) is -1.10. The van der Waals surface area contributed by atoms with E-state index in [1.54, 1.807) is 0 Å². The predicted molar refractivity (Wildman–Crippen MR) is 77.1 cm³/mol. The Bertz CT molecular complexity index is 624. The van der Waals surface area contributed by atoms with Crippen LogP contribution in [-0.4, -0.2) is 42.9 Å². The molecule has 3 N–H and O–H groups in total. The van der Waals surface area contributed by atoms with Gasteiger partial charge in [-0.05, 0) is 47.0 Å². The monoisotopic (exact) mass is 362 g/mol. The molecule has 1 aliphatic heterocycles. The summed E-state index contributed by atoms with van der Waals surface area (Å²) in [4.78, 5) is 10.9. The molecule has 0 amide bonds. The summed E-state index contributed by atoms with van der Waals surface area (Å²) in [5.41, 5.74) is 5.80. The first-order valence-corrected chi connectivity index (χ1v) is 8.34. The Morgan fingerprint density at radius 3 is 2.45 bits per heavy atom. The van der Waals surface area contributed by atoms with E-state index in [9.17, 15) is 13.2 Å². The molecule has 0 bridgehead atoms. The van der Waals surface area contributed by atoms with Crippen molar-refractivity contribution in [2.24, 2.45) is 5.73 Å². The SMILES string of the molecule is NC1CCN(S(=O)(=O)c2ccc(C(=O)O)cc2Br)CC1. The fourth-order valence-electron chi connectivity index (χ4n) is 2.10. The second-order valence-electron chi connectivity index (χ2n) is 4.69. The maximum Gasteiger partial charge on any atom is 0.335 e. The number of hydrogen-bond donors (Lipinski definition) is 2. The molecule has 1 aliphatic rings. The van der Waals surface area contributed by atoms with Crippen molar-refractivity contribution in [3.63, 3.8) is 0 Å². The molecule has 1 aromatic rings. The lowest BCUT2D eigenvalue weighted by Crippen LogP contribution is -2.42. The van der Waals surface area contributed by atoms with Crippen LogP contribution in [0.25, 0.3) is 0 Å². The first-order valence-electron chi connectivity index (χ1n) is 6.11. The van der Waals surface area contributed by atoms with E-state index in [0.29, 0.717) is 25.9 Å². The van der Waals surface area contributed by atoms with E-state index < -0.39 is 16.0 Å². The Hall–Kier alpha value is -0.960. The van der Waals surface area contributed by atoms with Crippen molar-refractivity contribution in [1.82, 2.24) is 4.31 Å². The number of benzene rings is 1. The van der Waals surface area contributed by atoms with E-state index in [1.165, 1.54) is 22.5 Å². The average molecular weight is 363 g/mol. The van der Waals surface area contributed by atoms with Gasteiger partial charge < -0.3 is 10.8 Å². The van der Waals surface area contributed by atoms with Gasteiger partial charge in [0.2, 0.25) is 10.0 Å². The molecule has 0 atom stereocenters. The van der Waals surface area contributed by atoms with Gasteiger partial charge >= 0.3 is 5.97 Å². The minimum absolute atomic E-state index is 0.0384. The van der Waals surface area contributed by atoms with E-state index in [4.69, 9.17) is 10.8 Å². The maximum absolute atomic E-state index is 12.5. The van der Waals surface area contributed by atoms with Crippen LogP contribution in [0.5, 0.6) is 0 Å². The smallest absolute Gasteiger partial charge is 0.335 e. The molecular formula is C12H15BrN2O4S. The van der Waals surface area contributed by atoms with E-state index in [1.807, 2.05) is 0 Å². The van der Waals surface area contributed by atoms with Gasteiger partial charge in [-0.25, -0.2) is 13.2 Å². The van der Waals surface area contributed by atoms with Gasteiger partial charge in [0.25, 0.3) is 0 Å². The van der Waals surface area contributed by atoms with Crippen molar-refractivity contribution in [1.29, 1.82) is 0 Å². The predicted octanol–water partition coefficient (Wildman–Crippen LogP) is 1.26. The van der Waals surface area contributed by atoms with Crippen LogP contribution in [0.4, 0.5) is 0 Å². The fraction of sp³-hybridized carbons (Fsp3) is 0.417. The van der Waals surface area contributed by atoms with Gasteiger partial charge in [-0.2, -0.15) is 4.31 Å². The van der Waals surface area contributed by atoms with Crippen LogP contribution in [0.2, 0.25) is 0 Å². The van der Waals surface area contributed by atoms with Crippen LogP contribution in [0.15, 0.2) is 27.6 Å². The van der Waals surface area contributed by atoms with Crippen LogP contribution in [0, 0.1) is 0 Å². The Morgan fingerprint density at radius 2 is 1.95 bits per heavy atom. The van der Waals surface area contributed by atoms with Crippen molar-refractivity contribution >= 4 is 31.9 Å². The fourth-order valence-corrected chi connectivity index (χ4v) is 4.61. The number of nitrogens with zero attached hydrogens (tertiary/aromatic N) is 1. The molecule has 1 fully saturated rings. The number of rotatable bonds is 3. The Kier molecular flexibility index (Phi) is 4.48. The van der Waals surface area contributed by atoms with Crippen molar-refractivity contribution in [3.8, 4) is 0 Å². The molecule has 20 heavy (non-hydrogen) atoms. The molecule has 1 aromatic carbocycles. The Balaban J connectivity index is 2.32. The highest BCUT2D eigenvalue weighted by atomic mass is 79.9. The zero-order chi connectivity index (χ0) is 14.9. The first-order chi connectivity index (χ1) is 9.32. The third kappa shape index (κ3) is 3.03. The summed E-state index contributed by atoms with van der Waals surface area (Å²) in [6.45, 7) is 0.771. The van der Waals surface area contributed by atoms with Gasteiger partial charge in [-0.3, -0.25) is 0 Å². The Labute approximate surface area is 125 Å². The minimum atomic E-state index is -3.62. The van der Waals surface area contributed by atoms with E-state index in [2.05, 4.69) is 15.9 Å². The quantitative estimate of drug-likeness (QED) is 0.842. The van der Waals surface area contributed by atoms with Crippen molar-refractivity contribution in [3.05, 3.63) is 28.2 Å². The largest absolute Gasteiger partial charge is 0.478 e. The summed E-state index contributed by atoms with van der Waals surface area (Å²) in [6, 6.07) is 3.94. The number of piperidine rings is 1. The molecule has 2 rings (SSSR count). The summed E-state index contributed by atoms with van der Waals surface area (Å²) >= 11 is 3.14. The number of aromatic carboxylic acids is 1. The van der Waals surface area contributed by atoms with E-state index >= 15 is 0 Å². The van der Waals surface area contributed by atoms with Crippen LogP contribution in [0.3, 0.4) is 0 Å². The van der Waals surface area contributed by atoms with Gasteiger partial charge in [0.05, 0.1) is 10.5 Å². The molecular weight excluding hydrogens is 348 g/mol. The van der Waals surface area contributed by atoms with Gasteiger partial charge in [0.1, 0.15) is 0 Å². The molecule has 1 saturated heterocycles. The normalized spacial score (nSPS) is 18.1. The van der Waals surface area contributed by atoms with E-state index in [-0.39, 0.29) is 21.0 Å². The third-order valence-electron chi connectivity index (χ3n) is 3.30. The number of carboxylic acid groups (broad SMARTS) is 1. The highest BCUT2D eigenvalue weighted by molar-refractivity contribution is 9.10. The first kappa shape index (κ1) is 15.4. The summed E-state index contributed by atoms with van der Waals surface area (Å²) < 4.78 is 26.6. The van der Waals surface area contributed by atoms with E-state index in [0.717, 1.165) is 0 Å². The molecule has 0 radical (unpaired) electrons. The van der Waals surface area contributed by atoms with Crippen molar-refractivity contribution < 1.29 is 18.3 Å². The van der Waals surface area contributed by atoms with Crippen molar-refractivity contribution in [2.45, 2.75) is 23.8 Å². The maximum atomic E-state index is 12.5. The Morgan fingerprint density at radius 1 is 1.35 bits per heavy atom. The van der Waals surface area contributed by atoms with Crippen LogP contribution < -0.4 is 5.73 Å². The molecule has 0 saturated carbocycles. The topological polar surface area (TPSA) is 101 Å². The number of carbonyl (C=O) groups is 1. The molecule has 110 valence electrons. The van der Waals surface area contributed by atoms with Crippen LogP contribution >= 0.6 is 15.9 Å². The summed E-state index contributed by atoms with van der Waals surface area (Å²) in [5, 5.41) is 8.89. The van der Waals surface area contributed by atoms with Gasteiger partial charge in [-0.1, -0.05) is 0 Å². The molecule has 6 nitrogen and oxygen atoms in total. The zero-order valence-corrected chi connectivity index (χ0v) is 13.0. The molecule has 0 aliphatic carbocycles. The van der Waals surface area contributed by atoms with Gasteiger partial charge in [0, 0.05) is 23.6 Å². The molecule has 8 heteroatoms. The number of sulfonamides is 1. The minimum Gasteiger partial charge on any atom is -0.478 e. The zero-order valence-electron chi connectivity index (χ0n) is 10.6. The lowest BCUT2D eigenvalue weighted by atomic mass is 10.1. The second kappa shape index (κ2) is 5.80. The number of hydrogen-bond acceptors (Lipinski definition) is 4. The van der Waals surface area contributed by atoms with Gasteiger partial charge in [0.15, 0.2) is 0 Å². The van der Waals surface area contributed by atoms with Crippen LogP contribution in [-0.2, 0) is 10.0 Å². The molecule has 1 heterocycles. The molecule has 0 aromatic heterocycles. The molecule has 0 spiro atoms. The highest BCUT2D eigenvalue weighted by Crippen LogP contribution is 2.27.